The zero-order chi connectivity index (χ0) is 20.4. The van der Waals surface area contributed by atoms with Crippen LogP contribution in [0.1, 0.15) is 23.8 Å². The molecule has 2 aromatic heterocycles. The normalized spacial score (nSPS) is 15.8. The lowest BCUT2D eigenvalue weighted by Gasteiger charge is -2.18. The van der Waals surface area contributed by atoms with E-state index in [1.807, 2.05) is 17.5 Å². The number of carbonyl (C=O) groups is 2. The number of sulfonamides is 1. The van der Waals surface area contributed by atoms with Gasteiger partial charge < -0.3 is 0 Å². The fourth-order valence-corrected chi connectivity index (χ4v) is 5.04. The topological polar surface area (TPSA) is 101 Å². The maximum Gasteiger partial charge on any atom is 0.240 e. The second kappa shape index (κ2) is 7.90. The molecule has 1 aliphatic heterocycles. The van der Waals surface area contributed by atoms with E-state index in [1.165, 1.54) is 35.6 Å². The van der Waals surface area contributed by atoms with Gasteiger partial charge >= 0.3 is 0 Å². The number of rotatable bonds is 7. The van der Waals surface area contributed by atoms with Crippen LogP contribution in [-0.2, 0) is 19.6 Å². The van der Waals surface area contributed by atoms with Gasteiger partial charge in [-0.3, -0.25) is 19.2 Å². The van der Waals surface area contributed by atoms with Gasteiger partial charge in [0.05, 0.1) is 16.6 Å². The highest BCUT2D eigenvalue weighted by Crippen LogP contribution is 2.25. The van der Waals surface area contributed by atoms with Crippen molar-refractivity contribution in [2.24, 2.45) is 0 Å². The number of anilines is 1. The van der Waals surface area contributed by atoms with Crippen LogP contribution in [0.2, 0.25) is 0 Å². The fourth-order valence-electron chi connectivity index (χ4n) is 3.18. The molecular weight excluding hydrogens is 412 g/mol. The lowest BCUT2D eigenvalue weighted by molar-refractivity contribution is -0.121. The molecule has 1 aliphatic rings. The van der Waals surface area contributed by atoms with Gasteiger partial charge in [0.1, 0.15) is 0 Å². The van der Waals surface area contributed by atoms with Crippen molar-refractivity contribution in [3.8, 4) is 0 Å². The van der Waals surface area contributed by atoms with Crippen LogP contribution in [0.4, 0.5) is 5.69 Å². The maximum atomic E-state index is 12.8. The molecule has 3 aromatic rings. The number of nitrogens with zero attached hydrogens (tertiary/aromatic N) is 3. The van der Waals surface area contributed by atoms with E-state index < -0.39 is 10.0 Å². The Morgan fingerprint density at radius 3 is 2.38 bits per heavy atom. The number of benzene rings is 1. The number of amides is 2. The van der Waals surface area contributed by atoms with Gasteiger partial charge in [0, 0.05) is 36.7 Å². The molecule has 1 fully saturated rings. The van der Waals surface area contributed by atoms with Crippen LogP contribution >= 0.6 is 11.3 Å². The summed E-state index contributed by atoms with van der Waals surface area (Å²) in [4.78, 5) is 25.8. The van der Waals surface area contributed by atoms with Gasteiger partial charge in [-0.15, -0.1) is 11.3 Å². The molecule has 150 valence electrons. The second-order valence-corrected chi connectivity index (χ2v) is 9.23. The van der Waals surface area contributed by atoms with Gasteiger partial charge in [-0.05, 0) is 41.8 Å². The van der Waals surface area contributed by atoms with Crippen LogP contribution in [-0.4, -0.2) is 36.6 Å². The molecule has 1 aromatic carbocycles. The molecule has 0 radical (unpaired) electrons. The Morgan fingerprint density at radius 2 is 1.79 bits per heavy atom. The van der Waals surface area contributed by atoms with Gasteiger partial charge in [-0.1, -0.05) is 6.07 Å². The third-order valence-electron chi connectivity index (χ3n) is 4.64. The maximum absolute atomic E-state index is 12.8. The molecule has 4 rings (SSSR count). The average molecular weight is 431 g/mol. The second-order valence-electron chi connectivity index (χ2n) is 6.49. The third kappa shape index (κ3) is 4.00. The summed E-state index contributed by atoms with van der Waals surface area (Å²) < 4.78 is 29.8. The number of thiophene rings is 1. The largest absolute Gasteiger partial charge is 0.274 e. The summed E-state index contributed by atoms with van der Waals surface area (Å²) in [7, 11) is -3.78. The molecule has 0 bridgehead atoms. The minimum absolute atomic E-state index is 0.0609. The first-order valence-corrected chi connectivity index (χ1v) is 11.3. The molecule has 29 heavy (non-hydrogen) atoms. The first-order valence-electron chi connectivity index (χ1n) is 8.94. The Balaban J connectivity index is 1.51. The zero-order valence-electron chi connectivity index (χ0n) is 15.3. The van der Waals surface area contributed by atoms with Crippen LogP contribution in [0.3, 0.4) is 0 Å². The van der Waals surface area contributed by atoms with Crippen molar-refractivity contribution in [3.63, 3.8) is 0 Å². The summed E-state index contributed by atoms with van der Waals surface area (Å²) in [6, 6.07) is 11.1. The Morgan fingerprint density at radius 1 is 1.07 bits per heavy atom. The Labute approximate surface area is 171 Å². The lowest BCUT2D eigenvalue weighted by atomic mass is 10.2. The highest BCUT2D eigenvalue weighted by Gasteiger charge is 2.30. The predicted octanol–water partition coefficient (Wildman–Crippen LogP) is 2.17. The van der Waals surface area contributed by atoms with E-state index >= 15 is 0 Å². The molecule has 1 saturated heterocycles. The van der Waals surface area contributed by atoms with E-state index in [0.29, 0.717) is 5.69 Å². The van der Waals surface area contributed by atoms with Crippen molar-refractivity contribution in [1.82, 2.24) is 14.5 Å². The van der Waals surface area contributed by atoms with Crippen molar-refractivity contribution in [1.29, 1.82) is 0 Å². The highest BCUT2D eigenvalue weighted by molar-refractivity contribution is 7.89. The van der Waals surface area contributed by atoms with E-state index in [0.717, 1.165) is 9.78 Å². The minimum Gasteiger partial charge on any atom is -0.274 e. The van der Waals surface area contributed by atoms with Crippen LogP contribution < -0.4 is 9.62 Å². The summed E-state index contributed by atoms with van der Waals surface area (Å²) in [6.07, 6.45) is 3.79. The Hall–Kier alpha value is -2.82. The molecule has 1 unspecified atom stereocenters. The van der Waals surface area contributed by atoms with Crippen LogP contribution in [0.5, 0.6) is 0 Å². The van der Waals surface area contributed by atoms with E-state index in [2.05, 4.69) is 9.82 Å². The Kier molecular flexibility index (Phi) is 5.31. The van der Waals surface area contributed by atoms with Crippen LogP contribution in [0.25, 0.3) is 0 Å². The average Bonchev–Trinajstić information content (AvgIpc) is 3.46. The van der Waals surface area contributed by atoms with Crippen molar-refractivity contribution in [2.45, 2.75) is 23.8 Å². The number of hydrogen-bond acceptors (Lipinski definition) is 6. The minimum atomic E-state index is -3.78. The number of imide groups is 1. The molecule has 2 amide bonds. The number of carbonyl (C=O) groups excluding carboxylic acids is 2. The molecule has 10 heteroatoms. The van der Waals surface area contributed by atoms with Crippen molar-refractivity contribution < 1.29 is 18.0 Å². The van der Waals surface area contributed by atoms with Crippen LogP contribution in [0.15, 0.2) is 65.1 Å². The van der Waals surface area contributed by atoms with Gasteiger partial charge in [0.15, 0.2) is 0 Å². The van der Waals surface area contributed by atoms with E-state index in [4.69, 9.17) is 0 Å². The van der Waals surface area contributed by atoms with E-state index in [1.54, 1.807) is 23.1 Å². The smallest absolute Gasteiger partial charge is 0.240 e. The first-order chi connectivity index (χ1) is 14.0. The lowest BCUT2D eigenvalue weighted by Crippen LogP contribution is -2.31. The predicted molar refractivity (Wildman–Crippen MR) is 108 cm³/mol. The summed E-state index contributed by atoms with van der Waals surface area (Å²) in [5, 5.41) is 6.17. The zero-order valence-corrected chi connectivity index (χ0v) is 16.9. The molecule has 1 N–H and O–H groups in total. The number of aromatic nitrogens is 2. The van der Waals surface area contributed by atoms with Crippen molar-refractivity contribution >= 4 is 38.9 Å². The third-order valence-corrected chi connectivity index (χ3v) is 7.05. The van der Waals surface area contributed by atoms with Crippen LogP contribution in [0, 0.1) is 0 Å². The van der Waals surface area contributed by atoms with Crippen molar-refractivity contribution in [3.05, 3.63) is 65.1 Å². The summed E-state index contributed by atoms with van der Waals surface area (Å²) in [5.74, 6) is -0.552. The molecule has 3 heterocycles. The fraction of sp³-hybridized carbons (Fsp3) is 0.211. The monoisotopic (exact) mass is 430 g/mol. The molecule has 0 spiro atoms. The number of hydrogen-bond donors (Lipinski definition) is 1. The van der Waals surface area contributed by atoms with Gasteiger partial charge in [-0.2, -0.15) is 5.10 Å². The summed E-state index contributed by atoms with van der Waals surface area (Å²) >= 11 is 1.53. The first kappa shape index (κ1) is 19.5. The standard InChI is InChI=1S/C19H18N4O4S2/c24-18-8-9-19(25)23(18)14-4-6-15(7-5-14)29(26,27)21-13-16(17-3-1-12-28-17)22-11-2-10-20-22/h1-7,10-12,16,21H,8-9,13H2. The SMILES string of the molecule is O=C1CCC(=O)N1c1ccc(S(=O)(=O)NCC(c2cccs2)n2cccn2)cc1. The molecule has 0 saturated carbocycles. The summed E-state index contributed by atoms with van der Waals surface area (Å²) in [6.45, 7) is 0.134. The highest BCUT2D eigenvalue weighted by atomic mass is 32.2. The number of nitrogens with one attached hydrogen (secondary N) is 1. The van der Waals surface area contributed by atoms with E-state index in [9.17, 15) is 18.0 Å². The quantitative estimate of drug-likeness (QED) is 0.579. The van der Waals surface area contributed by atoms with Gasteiger partial charge in [0.2, 0.25) is 21.8 Å². The molecule has 1 atom stereocenters. The van der Waals surface area contributed by atoms with Gasteiger partial charge in [-0.25, -0.2) is 13.1 Å². The summed E-state index contributed by atoms with van der Waals surface area (Å²) in [5.41, 5.74) is 0.379. The van der Waals surface area contributed by atoms with Gasteiger partial charge in [0.25, 0.3) is 0 Å². The Bertz CT molecular complexity index is 1060. The molecule has 0 aliphatic carbocycles. The molecular formula is C19H18N4O4S2. The molecule has 8 nitrogen and oxygen atoms in total. The van der Waals surface area contributed by atoms with Crippen molar-refractivity contribution in [2.75, 3.05) is 11.4 Å². The van der Waals surface area contributed by atoms with E-state index in [-0.39, 0.29) is 42.1 Å².